The summed E-state index contributed by atoms with van der Waals surface area (Å²) in [5.74, 6) is 1.95. The van der Waals surface area contributed by atoms with Gasteiger partial charge in [0.05, 0.1) is 0 Å². The monoisotopic (exact) mass is 296 g/mol. The predicted octanol–water partition coefficient (Wildman–Crippen LogP) is 1.47. The third-order valence-corrected chi connectivity index (χ3v) is 4.47. The summed E-state index contributed by atoms with van der Waals surface area (Å²) < 4.78 is 13.1. The molecule has 0 aliphatic carbocycles. The van der Waals surface area contributed by atoms with Crippen molar-refractivity contribution in [2.24, 2.45) is 0 Å². The molecule has 1 aromatic rings. The minimum absolute atomic E-state index is 0.152. The zero-order valence-corrected chi connectivity index (χ0v) is 10.5. The average molecular weight is 294 g/mol. The first-order chi connectivity index (χ1) is 6.33. The number of ether oxygens (including phenoxy) is 2. The molecule has 0 bridgehead atoms. The molecule has 1 aromatic carbocycles. The fourth-order valence-electron chi connectivity index (χ4n) is 1.10. The average Bonchev–Trinajstić information content (AvgIpc) is 2.18. The van der Waals surface area contributed by atoms with Gasteiger partial charge >= 0.3 is 89.3 Å². The van der Waals surface area contributed by atoms with E-state index in [-0.39, 0.29) is 20.9 Å². The van der Waals surface area contributed by atoms with Gasteiger partial charge in [-0.25, -0.2) is 0 Å². The van der Waals surface area contributed by atoms with Gasteiger partial charge in [0.25, 0.3) is 0 Å². The van der Waals surface area contributed by atoms with E-state index in [0.717, 1.165) is 11.5 Å². The second-order valence-corrected chi connectivity index (χ2v) is 6.06. The summed E-state index contributed by atoms with van der Waals surface area (Å²) in [6, 6.07) is 5.96. The summed E-state index contributed by atoms with van der Waals surface area (Å²) in [5, 5.41) is 0. The molecule has 0 unspecified atom stereocenters. The van der Waals surface area contributed by atoms with E-state index in [2.05, 4.69) is 6.92 Å². The Morgan fingerprint density at radius 2 is 1.69 bits per heavy atom. The van der Waals surface area contributed by atoms with Gasteiger partial charge < -0.3 is 0 Å². The first-order valence-electron chi connectivity index (χ1n) is 4.17. The van der Waals surface area contributed by atoms with Crippen LogP contribution in [0.15, 0.2) is 18.2 Å². The van der Waals surface area contributed by atoms with E-state index in [9.17, 15) is 0 Å². The van der Waals surface area contributed by atoms with E-state index in [1.807, 2.05) is 18.2 Å². The Bertz CT molecular complexity index is 251. The molecule has 0 saturated heterocycles. The molecule has 0 aliphatic heterocycles. The molecule has 0 spiro atoms. The van der Waals surface area contributed by atoms with Gasteiger partial charge in [-0.3, -0.25) is 0 Å². The van der Waals surface area contributed by atoms with Crippen molar-refractivity contribution in [3.8, 4) is 11.5 Å². The summed E-state index contributed by atoms with van der Waals surface area (Å²) in [6.45, 7) is 2.20. The molecule has 0 fully saturated rings. The van der Waals surface area contributed by atoms with Gasteiger partial charge in [-0.1, -0.05) is 0 Å². The number of methoxy groups -OCH3 is 2. The third-order valence-electron chi connectivity index (χ3n) is 1.67. The molecule has 0 aliphatic rings. The second-order valence-electron chi connectivity index (χ2n) is 2.42. The quantitative estimate of drug-likeness (QED) is 0.783. The molecule has 0 radical (unpaired) electrons. The minimum atomic E-state index is -0.152. The molecule has 2 nitrogen and oxygen atoms in total. The van der Waals surface area contributed by atoms with Crippen LogP contribution in [0.2, 0.25) is 4.47 Å². The van der Waals surface area contributed by atoms with Crippen LogP contribution in [0.25, 0.3) is 0 Å². The number of hydrogen-bond acceptors (Lipinski definition) is 2. The van der Waals surface area contributed by atoms with E-state index < -0.39 is 0 Å². The Morgan fingerprint density at radius 1 is 1.15 bits per heavy atom. The van der Waals surface area contributed by atoms with Gasteiger partial charge in [0.2, 0.25) is 0 Å². The standard InChI is InChI=1S/C10H14O2Te/c1-4-13-10-8(11-2)6-5-7-9(10)12-3/h5-7H,4H2,1-3H3. The molecular formula is C10H14O2Te. The molecular weight excluding hydrogens is 280 g/mol. The molecule has 0 amide bonds. The molecule has 0 N–H and O–H groups in total. The molecule has 13 heavy (non-hydrogen) atoms. The topological polar surface area (TPSA) is 18.5 Å². The van der Waals surface area contributed by atoms with Gasteiger partial charge in [0.15, 0.2) is 0 Å². The van der Waals surface area contributed by atoms with Crippen LogP contribution in [0.5, 0.6) is 11.5 Å². The van der Waals surface area contributed by atoms with Crippen molar-refractivity contribution in [3.05, 3.63) is 18.2 Å². The SMILES string of the molecule is CC[Te]c1c(OC)cccc1OC. The van der Waals surface area contributed by atoms with Crippen molar-refractivity contribution in [1.82, 2.24) is 0 Å². The normalized spacial score (nSPS) is 9.77. The number of hydrogen-bond donors (Lipinski definition) is 0. The maximum absolute atomic E-state index is 5.29. The van der Waals surface area contributed by atoms with Crippen LogP contribution in [0.3, 0.4) is 0 Å². The fraction of sp³-hybridized carbons (Fsp3) is 0.400. The van der Waals surface area contributed by atoms with Crippen molar-refractivity contribution in [2.75, 3.05) is 14.2 Å². The molecule has 0 saturated carbocycles. The van der Waals surface area contributed by atoms with Gasteiger partial charge in [-0.05, 0) is 0 Å². The van der Waals surface area contributed by atoms with Crippen LogP contribution in [0.4, 0.5) is 0 Å². The van der Waals surface area contributed by atoms with Crippen LogP contribution in [0.1, 0.15) is 6.92 Å². The summed E-state index contributed by atoms with van der Waals surface area (Å²) in [5.41, 5.74) is 0. The molecule has 3 heteroatoms. The van der Waals surface area contributed by atoms with Crippen LogP contribution in [-0.4, -0.2) is 35.1 Å². The Morgan fingerprint density at radius 3 is 2.08 bits per heavy atom. The molecule has 72 valence electrons. The summed E-state index contributed by atoms with van der Waals surface area (Å²) in [7, 11) is 3.42. The fourth-order valence-corrected chi connectivity index (χ4v) is 3.60. The predicted molar refractivity (Wildman–Crippen MR) is 55.4 cm³/mol. The van der Waals surface area contributed by atoms with Crippen molar-refractivity contribution in [1.29, 1.82) is 0 Å². The van der Waals surface area contributed by atoms with Crippen molar-refractivity contribution in [3.63, 3.8) is 0 Å². The van der Waals surface area contributed by atoms with Gasteiger partial charge in [0.1, 0.15) is 0 Å². The van der Waals surface area contributed by atoms with Gasteiger partial charge in [0, 0.05) is 0 Å². The van der Waals surface area contributed by atoms with E-state index in [0.29, 0.717) is 0 Å². The zero-order chi connectivity index (χ0) is 9.68. The van der Waals surface area contributed by atoms with Crippen LogP contribution in [-0.2, 0) is 0 Å². The molecule has 0 atom stereocenters. The first-order valence-corrected chi connectivity index (χ1v) is 6.98. The van der Waals surface area contributed by atoms with Crippen LogP contribution in [0, 0.1) is 0 Å². The molecule has 0 heterocycles. The van der Waals surface area contributed by atoms with Crippen LogP contribution < -0.4 is 13.1 Å². The van der Waals surface area contributed by atoms with Crippen molar-refractivity contribution in [2.45, 2.75) is 11.4 Å². The second kappa shape index (κ2) is 5.36. The summed E-state index contributed by atoms with van der Waals surface area (Å²) in [4.78, 5) is 0. The van der Waals surface area contributed by atoms with E-state index in [4.69, 9.17) is 9.47 Å². The van der Waals surface area contributed by atoms with Crippen LogP contribution >= 0.6 is 0 Å². The third kappa shape index (κ3) is 2.52. The Hall–Kier alpha value is -0.390. The van der Waals surface area contributed by atoms with Crippen molar-refractivity contribution < 1.29 is 9.47 Å². The van der Waals surface area contributed by atoms with E-state index in [1.54, 1.807) is 14.2 Å². The Kier molecular flexibility index (Phi) is 4.41. The number of rotatable bonds is 4. The van der Waals surface area contributed by atoms with Gasteiger partial charge in [-0.2, -0.15) is 0 Å². The molecule has 1 rings (SSSR count). The number of benzene rings is 1. The van der Waals surface area contributed by atoms with Gasteiger partial charge in [-0.15, -0.1) is 0 Å². The summed E-state index contributed by atoms with van der Waals surface area (Å²) in [6.07, 6.45) is 0. The van der Waals surface area contributed by atoms with Crippen molar-refractivity contribution >= 4 is 24.5 Å². The summed E-state index contributed by atoms with van der Waals surface area (Å²) >= 11 is -0.152. The Labute approximate surface area is 89.3 Å². The molecule has 0 aromatic heterocycles. The maximum atomic E-state index is 5.29. The zero-order valence-electron chi connectivity index (χ0n) is 8.16. The van der Waals surface area contributed by atoms with E-state index in [1.165, 1.54) is 8.08 Å². The first kappa shape index (κ1) is 10.7. The Balaban J connectivity index is 3.05. The van der Waals surface area contributed by atoms with E-state index >= 15 is 0 Å².